The second-order valence-corrected chi connectivity index (χ2v) is 18.9. The standard InChI is InChI=1S/C46H39Cl2N5O8S2/c1-26-45(62-46(50)51-26)63(56,57)53-23-34-21-41-40(60-25-42(61-41)32-12-14-35(15-13-32)59-24-29-7-16-36(47)37(48)17-29)20-33(34)19-39(53)43(54)52-38(44(55)58-2)18-27-3-8-30(9-4-27)31-10-5-28(22-49)6-11-31/h3-17,20-21,38-39,42H,18-19,23-25H2,1-2H3,(H2,50,51)(H,52,54). The van der Waals surface area contributed by atoms with Crippen LogP contribution in [0.25, 0.3) is 11.1 Å². The van der Waals surface area contributed by atoms with Crippen LogP contribution in [0.4, 0.5) is 5.13 Å². The third-order valence-corrected chi connectivity index (χ3v) is 15.0. The van der Waals surface area contributed by atoms with Gasteiger partial charge in [-0.2, -0.15) is 9.57 Å². The molecule has 0 aliphatic carbocycles. The van der Waals surface area contributed by atoms with Crippen LogP contribution >= 0.6 is 34.5 Å². The number of aromatic nitrogens is 1. The summed E-state index contributed by atoms with van der Waals surface area (Å²) in [5, 5.41) is 12.9. The van der Waals surface area contributed by atoms with E-state index in [2.05, 4.69) is 16.4 Å². The van der Waals surface area contributed by atoms with Crippen molar-refractivity contribution in [2.24, 2.45) is 0 Å². The largest absolute Gasteiger partial charge is 0.489 e. The van der Waals surface area contributed by atoms with Gasteiger partial charge in [-0.15, -0.1) is 0 Å². The second kappa shape index (κ2) is 18.3. The lowest BCUT2D eigenvalue weighted by molar-refractivity contribution is -0.145. The van der Waals surface area contributed by atoms with Crippen molar-refractivity contribution in [3.63, 3.8) is 0 Å². The fraction of sp³-hybridized carbons (Fsp3) is 0.217. The van der Waals surface area contributed by atoms with Crippen molar-refractivity contribution in [1.29, 1.82) is 5.26 Å². The summed E-state index contributed by atoms with van der Waals surface area (Å²) >= 11 is 13.0. The Morgan fingerprint density at radius 2 is 1.63 bits per heavy atom. The van der Waals surface area contributed by atoms with Gasteiger partial charge in [0.1, 0.15) is 31.0 Å². The number of esters is 1. The molecule has 8 rings (SSSR count). The van der Waals surface area contributed by atoms with E-state index in [0.29, 0.717) is 50.6 Å². The number of halogens is 2. The number of thiazole rings is 1. The molecule has 3 unspecified atom stereocenters. The highest BCUT2D eigenvalue weighted by molar-refractivity contribution is 7.91. The van der Waals surface area contributed by atoms with Gasteiger partial charge in [-0.05, 0) is 101 Å². The molecule has 1 amide bonds. The van der Waals surface area contributed by atoms with Crippen LogP contribution in [0.15, 0.2) is 107 Å². The van der Waals surface area contributed by atoms with E-state index in [1.807, 2.05) is 66.7 Å². The van der Waals surface area contributed by atoms with Gasteiger partial charge in [0.2, 0.25) is 5.91 Å². The Kier molecular flexibility index (Phi) is 12.6. The number of ether oxygens (including phenoxy) is 4. The van der Waals surface area contributed by atoms with Crippen molar-refractivity contribution < 1.29 is 37.0 Å². The number of carbonyl (C=O) groups is 2. The number of nitrogen functional groups attached to an aromatic ring is 1. The number of aryl methyl sites for hydroxylation is 1. The van der Waals surface area contributed by atoms with Crippen LogP contribution in [0.5, 0.6) is 17.2 Å². The topological polar surface area (TPSA) is 183 Å². The van der Waals surface area contributed by atoms with Crippen molar-refractivity contribution in [2.45, 2.75) is 55.3 Å². The minimum absolute atomic E-state index is 0.0370. The number of rotatable bonds is 12. The zero-order valence-electron chi connectivity index (χ0n) is 33.8. The number of amides is 1. The SMILES string of the molecule is COC(=O)C(Cc1ccc(-c2ccc(C#N)cc2)cc1)NC(=O)C1Cc2cc3c(cc2CN1S(=O)(=O)c1sc(N)nc1C)OC(c1ccc(OCc2ccc(Cl)c(Cl)c2)cc1)CO3. The van der Waals surface area contributed by atoms with E-state index in [4.69, 9.17) is 53.1 Å². The predicted molar refractivity (Wildman–Crippen MR) is 238 cm³/mol. The molecular formula is C46H39Cl2N5O8S2. The van der Waals surface area contributed by atoms with Gasteiger partial charge in [0.25, 0.3) is 10.0 Å². The molecule has 3 N–H and O–H groups in total. The van der Waals surface area contributed by atoms with Gasteiger partial charge in [0, 0.05) is 13.0 Å². The number of benzene rings is 5. The maximum atomic E-state index is 14.5. The normalized spacial score (nSPS) is 16.3. The number of nitrogens with two attached hydrogens (primary N) is 1. The number of hydrogen-bond acceptors (Lipinski definition) is 12. The van der Waals surface area contributed by atoms with Gasteiger partial charge in [0.05, 0.1) is 34.5 Å². The van der Waals surface area contributed by atoms with E-state index in [-0.39, 0.29) is 41.0 Å². The molecule has 3 heterocycles. The zero-order valence-corrected chi connectivity index (χ0v) is 37.0. The first-order valence-electron chi connectivity index (χ1n) is 19.6. The first kappa shape index (κ1) is 43.5. The Balaban J connectivity index is 1.02. The molecule has 17 heteroatoms. The molecule has 5 aromatic carbocycles. The lowest BCUT2D eigenvalue weighted by atomic mass is 9.93. The number of methoxy groups -OCH3 is 1. The number of nitriles is 1. The molecule has 0 spiro atoms. The summed E-state index contributed by atoms with van der Waals surface area (Å²) in [5.41, 5.74) is 12.2. The highest BCUT2D eigenvalue weighted by Gasteiger charge is 2.43. The fourth-order valence-corrected chi connectivity index (χ4v) is 10.8. The highest BCUT2D eigenvalue weighted by atomic mass is 35.5. The number of anilines is 1. The summed E-state index contributed by atoms with van der Waals surface area (Å²) in [5.74, 6) is 0.116. The Labute approximate surface area is 377 Å². The van der Waals surface area contributed by atoms with Crippen LogP contribution in [-0.2, 0) is 50.3 Å². The molecule has 13 nitrogen and oxygen atoms in total. The number of hydrogen-bond donors (Lipinski definition) is 2. The molecule has 0 saturated carbocycles. The summed E-state index contributed by atoms with van der Waals surface area (Å²) in [7, 11) is -3.13. The monoisotopic (exact) mass is 923 g/mol. The van der Waals surface area contributed by atoms with Crippen molar-refractivity contribution >= 4 is 61.6 Å². The Hall–Kier alpha value is -6.15. The van der Waals surface area contributed by atoms with Gasteiger partial charge < -0.3 is 30.0 Å². The van der Waals surface area contributed by atoms with Crippen LogP contribution in [-0.4, -0.2) is 55.4 Å². The van der Waals surface area contributed by atoms with E-state index in [1.165, 1.54) is 7.11 Å². The predicted octanol–water partition coefficient (Wildman–Crippen LogP) is 7.99. The van der Waals surface area contributed by atoms with Gasteiger partial charge in [-0.1, -0.05) is 89.1 Å². The molecule has 2 aliphatic rings. The second-order valence-electron chi connectivity index (χ2n) is 15.0. The number of nitrogens with zero attached hydrogens (tertiary/aromatic N) is 3. The number of nitrogens with one attached hydrogen (secondary N) is 1. The molecule has 63 heavy (non-hydrogen) atoms. The Morgan fingerprint density at radius 1 is 0.952 bits per heavy atom. The molecule has 1 aromatic heterocycles. The maximum absolute atomic E-state index is 14.5. The number of sulfonamides is 1. The minimum atomic E-state index is -4.35. The average molecular weight is 925 g/mol. The van der Waals surface area contributed by atoms with Gasteiger partial charge >= 0.3 is 5.97 Å². The first-order valence-corrected chi connectivity index (χ1v) is 22.6. The molecule has 6 aromatic rings. The van der Waals surface area contributed by atoms with Crippen molar-refractivity contribution in [1.82, 2.24) is 14.6 Å². The molecular weight excluding hydrogens is 886 g/mol. The highest BCUT2D eigenvalue weighted by Crippen LogP contribution is 2.42. The summed E-state index contributed by atoms with van der Waals surface area (Å²) in [4.78, 5) is 31.7. The zero-order chi connectivity index (χ0) is 44.4. The van der Waals surface area contributed by atoms with Crippen LogP contribution in [0.3, 0.4) is 0 Å². The quantitative estimate of drug-likeness (QED) is 0.114. The van der Waals surface area contributed by atoms with Crippen LogP contribution in [0.2, 0.25) is 10.0 Å². The van der Waals surface area contributed by atoms with Crippen LogP contribution < -0.4 is 25.3 Å². The number of carbonyl (C=O) groups excluding carboxylic acids is 2. The molecule has 322 valence electrons. The smallest absolute Gasteiger partial charge is 0.328 e. The van der Waals surface area contributed by atoms with E-state index in [0.717, 1.165) is 43.5 Å². The van der Waals surface area contributed by atoms with Crippen molar-refractivity contribution in [3.05, 3.63) is 152 Å². The van der Waals surface area contributed by atoms with Gasteiger partial charge in [-0.25, -0.2) is 18.2 Å². The Morgan fingerprint density at radius 3 is 2.29 bits per heavy atom. The maximum Gasteiger partial charge on any atom is 0.328 e. The van der Waals surface area contributed by atoms with Gasteiger partial charge in [0.15, 0.2) is 26.9 Å². The van der Waals surface area contributed by atoms with Crippen molar-refractivity contribution in [3.8, 4) is 34.4 Å². The van der Waals surface area contributed by atoms with E-state index >= 15 is 0 Å². The fourth-order valence-electron chi connectivity index (χ4n) is 7.50. The van der Waals surface area contributed by atoms with E-state index in [1.54, 1.807) is 43.3 Å². The number of fused-ring (bicyclic) bond motifs is 2. The first-order chi connectivity index (χ1) is 30.3. The minimum Gasteiger partial charge on any atom is -0.489 e. The molecule has 0 radical (unpaired) electrons. The summed E-state index contributed by atoms with van der Waals surface area (Å²) < 4.78 is 53.7. The third kappa shape index (κ3) is 9.46. The molecule has 0 saturated heterocycles. The molecule has 0 bridgehead atoms. The summed E-state index contributed by atoms with van der Waals surface area (Å²) in [6.45, 7) is 1.84. The molecule has 2 aliphatic heterocycles. The Bertz CT molecular complexity index is 2850. The molecule has 3 atom stereocenters. The average Bonchev–Trinajstić information content (AvgIpc) is 3.65. The van der Waals surface area contributed by atoms with E-state index in [9.17, 15) is 18.0 Å². The van der Waals surface area contributed by atoms with Crippen LogP contribution in [0, 0.1) is 18.3 Å². The lowest BCUT2D eigenvalue weighted by Crippen LogP contribution is -2.56. The third-order valence-electron chi connectivity index (χ3n) is 10.8. The van der Waals surface area contributed by atoms with Gasteiger partial charge in [-0.3, -0.25) is 4.79 Å². The van der Waals surface area contributed by atoms with Crippen molar-refractivity contribution in [2.75, 3.05) is 19.5 Å². The summed E-state index contributed by atoms with van der Waals surface area (Å²) in [6, 6.07) is 30.6. The summed E-state index contributed by atoms with van der Waals surface area (Å²) in [6.07, 6.45) is -0.446. The molecule has 0 fully saturated rings. The van der Waals surface area contributed by atoms with Crippen LogP contribution in [0.1, 0.15) is 45.2 Å². The van der Waals surface area contributed by atoms with E-state index < -0.39 is 40.1 Å². The lowest BCUT2D eigenvalue weighted by Gasteiger charge is -2.36.